The highest BCUT2D eigenvalue weighted by Gasteiger charge is 2.25. The third-order valence-corrected chi connectivity index (χ3v) is 3.57. The lowest BCUT2D eigenvalue weighted by Gasteiger charge is -2.33. The lowest BCUT2D eigenvalue weighted by Crippen LogP contribution is -2.42. The fourth-order valence-electron chi connectivity index (χ4n) is 2.77. The Morgan fingerprint density at radius 3 is 2.50 bits per heavy atom. The summed E-state index contributed by atoms with van der Waals surface area (Å²) in [7, 11) is 0. The largest absolute Gasteiger partial charge is 0.306 e. The minimum Gasteiger partial charge on any atom is -0.306 e. The summed E-state index contributed by atoms with van der Waals surface area (Å²) in [6, 6.07) is 0. The first-order valence-corrected chi connectivity index (χ1v) is 7.68. The van der Waals surface area contributed by atoms with Crippen LogP contribution in [0, 0.1) is 5.41 Å². The molecule has 0 radical (unpaired) electrons. The summed E-state index contributed by atoms with van der Waals surface area (Å²) in [5, 5.41) is 3.63. The maximum Gasteiger partial charge on any atom is 0.155 e. The van der Waals surface area contributed by atoms with E-state index >= 15 is 0 Å². The average Bonchev–Trinajstić information content (AvgIpc) is 2.65. The molecule has 0 aromatic carbocycles. The number of hydrogen-bond acceptors (Lipinski definition) is 3. The Morgan fingerprint density at radius 1 is 1.15 bits per heavy atom. The van der Waals surface area contributed by atoms with Crippen molar-refractivity contribution >= 4 is 21.6 Å². The van der Waals surface area contributed by atoms with Crippen LogP contribution in [-0.4, -0.2) is 19.9 Å². The molecule has 110 valence electrons. The lowest BCUT2D eigenvalue weighted by molar-refractivity contribution is 0.240. The molecule has 0 saturated heterocycles. The van der Waals surface area contributed by atoms with Crippen LogP contribution in [0.2, 0.25) is 0 Å². The molecule has 2 rings (SSSR count). The van der Waals surface area contributed by atoms with Gasteiger partial charge in [0.15, 0.2) is 5.65 Å². The van der Waals surface area contributed by atoms with Gasteiger partial charge >= 0.3 is 0 Å². The summed E-state index contributed by atoms with van der Waals surface area (Å²) in [5.74, 6) is 0. The van der Waals surface area contributed by atoms with E-state index in [2.05, 4.69) is 70.2 Å². The van der Waals surface area contributed by atoms with Crippen LogP contribution in [0.15, 0.2) is 23.2 Å². The number of nitrogens with zero attached hydrogens (tertiary/aromatic N) is 3. The normalized spacial score (nSPS) is 13.1. The molecule has 0 aliphatic rings. The zero-order valence-corrected chi connectivity index (χ0v) is 14.5. The van der Waals surface area contributed by atoms with E-state index in [1.807, 2.05) is 12.4 Å². The van der Waals surface area contributed by atoms with Crippen LogP contribution < -0.4 is 5.32 Å². The van der Waals surface area contributed by atoms with Crippen molar-refractivity contribution in [3.05, 3.63) is 28.9 Å². The molecule has 1 N–H and O–H groups in total. The molecule has 20 heavy (non-hydrogen) atoms. The Hall–Kier alpha value is -0.940. The zero-order chi connectivity index (χ0) is 15.0. The highest BCUT2D eigenvalue weighted by atomic mass is 79.9. The van der Waals surface area contributed by atoms with Gasteiger partial charge in [0.2, 0.25) is 0 Å². The smallest absolute Gasteiger partial charge is 0.155 e. The van der Waals surface area contributed by atoms with Gasteiger partial charge in [-0.2, -0.15) is 0 Å². The lowest BCUT2D eigenvalue weighted by atomic mass is 9.82. The van der Waals surface area contributed by atoms with Crippen LogP contribution in [0.5, 0.6) is 0 Å². The molecule has 0 aliphatic carbocycles. The number of rotatable bonds is 4. The first kappa shape index (κ1) is 15.4. The standard InChI is InChI=1S/C15H23BrN4/c1-14(2,3)10-15(4,5)19-7-11-6-18-13-8-17-12(16)9-20(11)13/h6,8-9,19H,7,10H2,1-5H3. The van der Waals surface area contributed by atoms with E-state index in [0.29, 0.717) is 5.41 Å². The first-order chi connectivity index (χ1) is 9.16. The van der Waals surface area contributed by atoms with Crippen LogP contribution in [0.3, 0.4) is 0 Å². The summed E-state index contributed by atoms with van der Waals surface area (Å²) >= 11 is 3.40. The molecular weight excluding hydrogens is 316 g/mol. The molecule has 2 heterocycles. The summed E-state index contributed by atoms with van der Waals surface area (Å²) in [6.45, 7) is 12.1. The van der Waals surface area contributed by atoms with Crippen LogP contribution in [0.4, 0.5) is 0 Å². The SMILES string of the molecule is CC(C)(C)CC(C)(C)NCc1cnc2cnc(Br)cn12. The van der Waals surface area contributed by atoms with Crippen molar-refractivity contribution < 1.29 is 0 Å². The second kappa shape index (κ2) is 5.45. The zero-order valence-electron chi connectivity index (χ0n) is 12.9. The van der Waals surface area contributed by atoms with Gasteiger partial charge in [-0.15, -0.1) is 0 Å². The molecule has 0 unspecified atom stereocenters. The van der Waals surface area contributed by atoms with E-state index in [0.717, 1.165) is 28.9 Å². The molecule has 0 atom stereocenters. The van der Waals surface area contributed by atoms with Crippen molar-refractivity contribution in [3.8, 4) is 0 Å². The summed E-state index contributed by atoms with van der Waals surface area (Å²) in [5.41, 5.74) is 2.42. The van der Waals surface area contributed by atoms with E-state index in [1.54, 1.807) is 6.20 Å². The van der Waals surface area contributed by atoms with E-state index in [9.17, 15) is 0 Å². The molecule has 4 nitrogen and oxygen atoms in total. The minimum absolute atomic E-state index is 0.0899. The maximum absolute atomic E-state index is 4.37. The van der Waals surface area contributed by atoms with Gasteiger partial charge in [0.25, 0.3) is 0 Å². The van der Waals surface area contributed by atoms with Gasteiger partial charge in [0, 0.05) is 18.3 Å². The van der Waals surface area contributed by atoms with Gasteiger partial charge in [-0.05, 0) is 41.6 Å². The third-order valence-electron chi connectivity index (χ3n) is 3.16. The van der Waals surface area contributed by atoms with Crippen molar-refractivity contribution in [2.75, 3.05) is 0 Å². The fourth-order valence-corrected chi connectivity index (χ4v) is 3.07. The Morgan fingerprint density at radius 2 is 1.85 bits per heavy atom. The maximum atomic E-state index is 4.37. The van der Waals surface area contributed by atoms with Gasteiger partial charge in [-0.3, -0.25) is 4.40 Å². The van der Waals surface area contributed by atoms with Gasteiger partial charge in [0.1, 0.15) is 4.60 Å². The molecular formula is C15H23BrN4. The van der Waals surface area contributed by atoms with E-state index in [4.69, 9.17) is 0 Å². The minimum atomic E-state index is 0.0899. The van der Waals surface area contributed by atoms with E-state index in [-0.39, 0.29) is 5.54 Å². The molecule has 0 bridgehead atoms. The first-order valence-electron chi connectivity index (χ1n) is 6.89. The quantitative estimate of drug-likeness (QED) is 0.921. The predicted molar refractivity (Wildman–Crippen MR) is 85.7 cm³/mol. The molecule has 5 heteroatoms. The monoisotopic (exact) mass is 338 g/mol. The molecule has 2 aromatic heterocycles. The van der Waals surface area contributed by atoms with Gasteiger partial charge in [-0.1, -0.05) is 20.8 Å². The number of halogens is 1. The number of fused-ring (bicyclic) bond motifs is 1. The Bertz CT molecular complexity index is 595. The van der Waals surface area contributed by atoms with Crippen LogP contribution in [-0.2, 0) is 6.54 Å². The van der Waals surface area contributed by atoms with Gasteiger partial charge in [0.05, 0.1) is 18.1 Å². The van der Waals surface area contributed by atoms with Crippen LogP contribution in [0.1, 0.15) is 46.7 Å². The van der Waals surface area contributed by atoms with E-state index < -0.39 is 0 Å². The van der Waals surface area contributed by atoms with Crippen LogP contribution in [0.25, 0.3) is 5.65 Å². The van der Waals surface area contributed by atoms with Gasteiger partial charge in [-0.25, -0.2) is 9.97 Å². The Labute approximate surface area is 129 Å². The summed E-state index contributed by atoms with van der Waals surface area (Å²) in [4.78, 5) is 8.57. The third kappa shape index (κ3) is 4.03. The van der Waals surface area contributed by atoms with Crippen molar-refractivity contribution in [3.63, 3.8) is 0 Å². The van der Waals surface area contributed by atoms with Gasteiger partial charge < -0.3 is 5.32 Å². The molecule has 0 spiro atoms. The van der Waals surface area contributed by atoms with Crippen molar-refractivity contribution in [2.45, 2.75) is 53.1 Å². The number of hydrogen-bond donors (Lipinski definition) is 1. The Kier molecular flexibility index (Phi) is 4.21. The molecule has 0 saturated carbocycles. The number of imidazole rings is 1. The second-order valence-electron chi connectivity index (χ2n) is 7.16. The fraction of sp³-hybridized carbons (Fsp3) is 0.600. The molecule has 0 amide bonds. The topological polar surface area (TPSA) is 42.2 Å². The predicted octanol–water partition coefficient (Wildman–Crippen LogP) is 3.80. The number of nitrogens with one attached hydrogen (secondary N) is 1. The van der Waals surface area contributed by atoms with Crippen molar-refractivity contribution in [2.24, 2.45) is 5.41 Å². The van der Waals surface area contributed by atoms with Crippen LogP contribution >= 0.6 is 15.9 Å². The molecule has 0 fully saturated rings. The molecule has 2 aromatic rings. The highest BCUT2D eigenvalue weighted by molar-refractivity contribution is 9.10. The summed E-state index contributed by atoms with van der Waals surface area (Å²) < 4.78 is 2.88. The average molecular weight is 339 g/mol. The van der Waals surface area contributed by atoms with Crippen molar-refractivity contribution in [1.29, 1.82) is 0 Å². The van der Waals surface area contributed by atoms with E-state index in [1.165, 1.54) is 0 Å². The van der Waals surface area contributed by atoms with Crippen molar-refractivity contribution in [1.82, 2.24) is 19.7 Å². The number of aromatic nitrogens is 3. The summed E-state index contributed by atoms with van der Waals surface area (Å²) in [6.07, 6.45) is 6.75. The highest BCUT2D eigenvalue weighted by Crippen LogP contribution is 2.27. The Balaban J connectivity index is 2.11. The second-order valence-corrected chi connectivity index (χ2v) is 7.98. The molecule has 0 aliphatic heterocycles.